The molecule has 2 N–H and O–H groups in total. The van der Waals surface area contributed by atoms with Gasteiger partial charge in [0.2, 0.25) is 12.7 Å². The van der Waals surface area contributed by atoms with E-state index in [1.54, 1.807) is 18.2 Å². The SMILES string of the molecule is CC(C)C1(O)CN(CC(=O)Nc2ccc3c(c2)OCO3)C1. The first-order chi connectivity index (χ1) is 9.96. The van der Waals surface area contributed by atoms with Crippen LogP contribution in [0, 0.1) is 5.92 Å². The Morgan fingerprint density at radius 3 is 2.81 bits per heavy atom. The lowest BCUT2D eigenvalue weighted by molar-refractivity contribution is -0.139. The summed E-state index contributed by atoms with van der Waals surface area (Å²) in [6, 6.07) is 5.31. The van der Waals surface area contributed by atoms with E-state index in [1.807, 2.05) is 18.7 Å². The van der Waals surface area contributed by atoms with Crippen LogP contribution >= 0.6 is 0 Å². The molecule has 3 rings (SSSR count). The van der Waals surface area contributed by atoms with Gasteiger partial charge in [-0.1, -0.05) is 13.8 Å². The molecule has 21 heavy (non-hydrogen) atoms. The molecule has 0 aromatic heterocycles. The van der Waals surface area contributed by atoms with E-state index in [-0.39, 0.29) is 25.2 Å². The predicted octanol–water partition coefficient (Wildman–Crippen LogP) is 1.06. The number of nitrogens with one attached hydrogen (secondary N) is 1. The fourth-order valence-corrected chi connectivity index (χ4v) is 2.58. The van der Waals surface area contributed by atoms with Crippen LogP contribution in [0.5, 0.6) is 11.5 Å². The molecule has 1 saturated heterocycles. The van der Waals surface area contributed by atoms with Crippen LogP contribution in [-0.2, 0) is 4.79 Å². The van der Waals surface area contributed by atoms with Crippen molar-refractivity contribution in [3.63, 3.8) is 0 Å². The zero-order valence-corrected chi connectivity index (χ0v) is 12.3. The van der Waals surface area contributed by atoms with Crippen molar-refractivity contribution >= 4 is 11.6 Å². The number of fused-ring (bicyclic) bond motifs is 1. The van der Waals surface area contributed by atoms with Gasteiger partial charge in [-0.25, -0.2) is 0 Å². The Balaban J connectivity index is 1.51. The molecule has 6 nitrogen and oxygen atoms in total. The van der Waals surface area contributed by atoms with Crippen molar-refractivity contribution in [1.29, 1.82) is 0 Å². The topological polar surface area (TPSA) is 71.0 Å². The van der Waals surface area contributed by atoms with Crippen LogP contribution in [-0.4, -0.2) is 47.9 Å². The first-order valence-electron chi connectivity index (χ1n) is 7.10. The number of likely N-dealkylation sites (tertiary alicyclic amines) is 1. The van der Waals surface area contributed by atoms with Gasteiger partial charge in [-0.05, 0) is 18.1 Å². The number of amides is 1. The number of benzene rings is 1. The largest absolute Gasteiger partial charge is 0.454 e. The third kappa shape index (κ3) is 2.82. The molecule has 0 radical (unpaired) electrons. The van der Waals surface area contributed by atoms with Crippen LogP contribution in [0.1, 0.15) is 13.8 Å². The van der Waals surface area contributed by atoms with E-state index < -0.39 is 5.60 Å². The predicted molar refractivity (Wildman–Crippen MR) is 77.4 cm³/mol. The molecule has 2 aliphatic heterocycles. The Kier molecular flexibility index (Phi) is 3.51. The van der Waals surface area contributed by atoms with E-state index in [0.29, 0.717) is 30.3 Å². The summed E-state index contributed by atoms with van der Waals surface area (Å²) in [6.07, 6.45) is 0. The molecule has 1 aromatic carbocycles. The molecular formula is C15H20N2O4. The summed E-state index contributed by atoms with van der Waals surface area (Å²) < 4.78 is 10.5. The maximum absolute atomic E-state index is 12.0. The summed E-state index contributed by atoms with van der Waals surface area (Å²) in [7, 11) is 0. The van der Waals surface area contributed by atoms with Gasteiger partial charge >= 0.3 is 0 Å². The zero-order chi connectivity index (χ0) is 15.0. The van der Waals surface area contributed by atoms with Gasteiger partial charge in [0.15, 0.2) is 11.5 Å². The minimum Gasteiger partial charge on any atom is -0.454 e. The minimum absolute atomic E-state index is 0.0975. The van der Waals surface area contributed by atoms with Crippen molar-refractivity contribution < 1.29 is 19.4 Å². The van der Waals surface area contributed by atoms with Crippen LogP contribution in [0.2, 0.25) is 0 Å². The minimum atomic E-state index is -0.654. The molecular weight excluding hydrogens is 272 g/mol. The molecule has 0 unspecified atom stereocenters. The second-order valence-electron chi connectivity index (χ2n) is 6.02. The quantitative estimate of drug-likeness (QED) is 0.868. The number of rotatable bonds is 4. The summed E-state index contributed by atoms with van der Waals surface area (Å²) in [6.45, 7) is 5.56. The second kappa shape index (κ2) is 5.20. The van der Waals surface area contributed by atoms with Crippen LogP contribution in [0.4, 0.5) is 5.69 Å². The van der Waals surface area contributed by atoms with Gasteiger partial charge in [-0.2, -0.15) is 0 Å². The Labute approximate surface area is 123 Å². The van der Waals surface area contributed by atoms with Crippen molar-refractivity contribution in [2.24, 2.45) is 5.92 Å². The number of carbonyl (C=O) groups is 1. The fraction of sp³-hybridized carbons (Fsp3) is 0.533. The first kappa shape index (κ1) is 14.2. The number of ether oxygens (including phenoxy) is 2. The van der Waals surface area contributed by atoms with Gasteiger partial charge in [-0.15, -0.1) is 0 Å². The lowest BCUT2D eigenvalue weighted by Crippen LogP contribution is -2.65. The lowest BCUT2D eigenvalue weighted by Gasteiger charge is -2.48. The highest BCUT2D eigenvalue weighted by Gasteiger charge is 2.43. The molecule has 1 amide bonds. The van der Waals surface area contributed by atoms with Crippen molar-refractivity contribution in [3.05, 3.63) is 18.2 Å². The van der Waals surface area contributed by atoms with Crippen LogP contribution in [0.15, 0.2) is 18.2 Å². The van der Waals surface area contributed by atoms with Gasteiger partial charge in [0.25, 0.3) is 0 Å². The highest BCUT2D eigenvalue weighted by molar-refractivity contribution is 5.92. The third-order valence-electron chi connectivity index (χ3n) is 4.09. The molecule has 1 fully saturated rings. The van der Waals surface area contributed by atoms with E-state index in [1.165, 1.54) is 0 Å². The Morgan fingerprint density at radius 2 is 2.10 bits per heavy atom. The van der Waals surface area contributed by atoms with E-state index in [2.05, 4.69) is 5.32 Å². The molecule has 1 aromatic rings. The highest BCUT2D eigenvalue weighted by Crippen LogP contribution is 2.34. The lowest BCUT2D eigenvalue weighted by atomic mass is 9.83. The van der Waals surface area contributed by atoms with Crippen LogP contribution < -0.4 is 14.8 Å². The molecule has 0 aliphatic carbocycles. The molecule has 0 spiro atoms. The number of anilines is 1. The van der Waals surface area contributed by atoms with Gasteiger partial charge in [-0.3, -0.25) is 9.69 Å². The number of nitrogens with zero attached hydrogens (tertiary/aromatic N) is 1. The van der Waals surface area contributed by atoms with Crippen molar-refractivity contribution in [3.8, 4) is 11.5 Å². The number of hydrogen-bond acceptors (Lipinski definition) is 5. The molecule has 0 atom stereocenters. The molecule has 114 valence electrons. The number of carbonyl (C=O) groups excluding carboxylic acids is 1. The Bertz CT molecular complexity index is 553. The maximum Gasteiger partial charge on any atom is 0.238 e. The number of aliphatic hydroxyl groups is 1. The van der Waals surface area contributed by atoms with E-state index in [9.17, 15) is 9.90 Å². The van der Waals surface area contributed by atoms with Crippen molar-refractivity contribution in [1.82, 2.24) is 4.90 Å². The summed E-state index contributed by atoms with van der Waals surface area (Å²) in [5, 5.41) is 13.0. The van der Waals surface area contributed by atoms with Gasteiger partial charge in [0.1, 0.15) is 0 Å². The average Bonchev–Trinajstić information content (AvgIpc) is 2.83. The molecule has 6 heteroatoms. The first-order valence-corrected chi connectivity index (χ1v) is 7.10. The van der Waals surface area contributed by atoms with Gasteiger partial charge in [0.05, 0.1) is 12.1 Å². The van der Waals surface area contributed by atoms with Gasteiger partial charge < -0.3 is 19.9 Å². The van der Waals surface area contributed by atoms with E-state index in [4.69, 9.17) is 9.47 Å². The van der Waals surface area contributed by atoms with E-state index in [0.717, 1.165) is 0 Å². The van der Waals surface area contributed by atoms with Crippen molar-refractivity contribution in [2.75, 3.05) is 31.7 Å². The molecule has 0 saturated carbocycles. The number of hydrogen-bond donors (Lipinski definition) is 2. The summed E-state index contributed by atoms with van der Waals surface area (Å²) in [4.78, 5) is 13.9. The normalized spacial score (nSPS) is 19.4. The zero-order valence-electron chi connectivity index (χ0n) is 12.3. The monoisotopic (exact) mass is 292 g/mol. The van der Waals surface area contributed by atoms with Gasteiger partial charge in [0, 0.05) is 24.8 Å². The summed E-state index contributed by atoms with van der Waals surface area (Å²) >= 11 is 0. The highest BCUT2D eigenvalue weighted by atomic mass is 16.7. The fourth-order valence-electron chi connectivity index (χ4n) is 2.58. The molecule has 2 heterocycles. The van der Waals surface area contributed by atoms with Crippen molar-refractivity contribution in [2.45, 2.75) is 19.4 Å². The number of β-amino-alcohol motifs (C(OH)–C–C–N with tert-alkyl or cyclic N) is 1. The average molecular weight is 292 g/mol. The second-order valence-corrected chi connectivity index (χ2v) is 6.02. The standard InChI is InChI=1S/C15H20N2O4/c1-10(2)15(19)7-17(8-15)6-14(18)16-11-3-4-12-13(5-11)21-9-20-12/h3-5,10,19H,6-9H2,1-2H3,(H,16,18). The third-order valence-corrected chi connectivity index (χ3v) is 4.09. The van der Waals surface area contributed by atoms with E-state index >= 15 is 0 Å². The summed E-state index contributed by atoms with van der Waals surface area (Å²) in [5.74, 6) is 1.44. The molecule has 0 bridgehead atoms. The molecule has 2 aliphatic rings. The van der Waals surface area contributed by atoms with Crippen LogP contribution in [0.25, 0.3) is 0 Å². The Hall–Kier alpha value is -1.79. The maximum atomic E-state index is 12.0. The smallest absolute Gasteiger partial charge is 0.238 e. The van der Waals surface area contributed by atoms with Crippen LogP contribution in [0.3, 0.4) is 0 Å². The summed E-state index contributed by atoms with van der Waals surface area (Å²) in [5.41, 5.74) is 0.0304. The Morgan fingerprint density at radius 1 is 1.38 bits per heavy atom.